The normalized spacial score (nSPS) is 14.2. The van der Waals surface area contributed by atoms with Crippen LogP contribution >= 0.6 is 23.2 Å². The molecule has 2 atom stereocenters. The molecular weight excluding hydrogens is 297 g/mol. The molecule has 0 bridgehead atoms. The Bertz CT molecular complexity index is 523. The molecule has 0 fully saturated rings. The lowest BCUT2D eigenvalue weighted by atomic mass is 9.90. The van der Waals surface area contributed by atoms with E-state index in [0.29, 0.717) is 28.5 Å². The van der Waals surface area contributed by atoms with Gasteiger partial charge in [0.15, 0.2) is 0 Å². The van der Waals surface area contributed by atoms with Gasteiger partial charge in [-0.1, -0.05) is 29.3 Å². The predicted octanol–water partition coefficient (Wildman–Crippen LogP) is 3.62. The fraction of sp³-hybridized carbons (Fsp3) is 0.333. The highest BCUT2D eigenvalue weighted by Gasteiger charge is 2.24. The highest BCUT2D eigenvalue weighted by Crippen LogP contribution is 2.34. The van der Waals surface area contributed by atoms with Gasteiger partial charge in [-0.3, -0.25) is 0 Å². The van der Waals surface area contributed by atoms with Crippen molar-refractivity contribution in [3.8, 4) is 0 Å². The minimum absolute atomic E-state index is 0.281. The largest absolute Gasteiger partial charge is 0.469 e. The van der Waals surface area contributed by atoms with Gasteiger partial charge >= 0.3 is 0 Å². The predicted molar refractivity (Wildman–Crippen MR) is 81.3 cm³/mol. The molecule has 1 aromatic heterocycles. The average molecular weight is 314 g/mol. The summed E-state index contributed by atoms with van der Waals surface area (Å²) in [6.07, 6.45) is 2.18. The Hall–Kier alpha value is -1.00. The first kappa shape index (κ1) is 15.4. The molecule has 108 valence electrons. The quantitative estimate of drug-likeness (QED) is 0.856. The van der Waals surface area contributed by atoms with E-state index in [-0.39, 0.29) is 12.5 Å². The fourth-order valence-corrected chi connectivity index (χ4v) is 2.96. The number of benzene rings is 1. The van der Waals surface area contributed by atoms with E-state index in [2.05, 4.69) is 0 Å². The highest BCUT2D eigenvalue weighted by molar-refractivity contribution is 6.36. The second-order valence-corrected chi connectivity index (χ2v) is 5.48. The van der Waals surface area contributed by atoms with Crippen molar-refractivity contribution < 1.29 is 9.52 Å². The fourth-order valence-electron chi connectivity index (χ4n) is 2.28. The Morgan fingerprint density at radius 1 is 1.15 bits per heavy atom. The third-order valence-corrected chi connectivity index (χ3v) is 4.01. The van der Waals surface area contributed by atoms with Gasteiger partial charge in [0.1, 0.15) is 5.76 Å². The summed E-state index contributed by atoms with van der Waals surface area (Å²) in [6, 6.07) is 8.99. The Kier molecular flexibility index (Phi) is 5.49. The molecule has 0 saturated heterocycles. The van der Waals surface area contributed by atoms with Crippen molar-refractivity contribution in [1.29, 1.82) is 0 Å². The standard InChI is InChI=1S/C15H17Cl2NO2/c16-12-4-1-5-13(17)15(12)11(9-18)14(19)7-6-10-3-2-8-20-10/h1-5,8,11,14,19H,6-7,9,18H2. The van der Waals surface area contributed by atoms with Crippen molar-refractivity contribution in [3.05, 3.63) is 58.0 Å². The van der Waals surface area contributed by atoms with Crippen LogP contribution in [0.25, 0.3) is 0 Å². The summed E-state index contributed by atoms with van der Waals surface area (Å²) in [5.74, 6) is 0.552. The van der Waals surface area contributed by atoms with E-state index >= 15 is 0 Å². The van der Waals surface area contributed by atoms with Crippen molar-refractivity contribution >= 4 is 23.2 Å². The first-order valence-corrected chi connectivity index (χ1v) is 7.23. The smallest absolute Gasteiger partial charge is 0.103 e. The van der Waals surface area contributed by atoms with Crippen LogP contribution in [0.5, 0.6) is 0 Å². The second kappa shape index (κ2) is 7.14. The molecule has 1 heterocycles. The molecule has 3 nitrogen and oxygen atoms in total. The minimum Gasteiger partial charge on any atom is -0.469 e. The number of hydrogen-bond donors (Lipinski definition) is 2. The Balaban J connectivity index is 2.11. The molecule has 0 spiro atoms. The van der Waals surface area contributed by atoms with Crippen LogP contribution in [0.4, 0.5) is 0 Å². The molecular formula is C15H17Cl2NO2. The molecule has 5 heteroatoms. The first-order chi connectivity index (χ1) is 9.63. The summed E-state index contributed by atoms with van der Waals surface area (Å²) >= 11 is 12.4. The van der Waals surface area contributed by atoms with Gasteiger partial charge in [-0.05, 0) is 36.2 Å². The molecule has 0 saturated carbocycles. The summed E-state index contributed by atoms with van der Waals surface area (Å²) < 4.78 is 5.26. The van der Waals surface area contributed by atoms with Crippen molar-refractivity contribution in [3.63, 3.8) is 0 Å². The van der Waals surface area contributed by atoms with Crippen LogP contribution in [0.2, 0.25) is 10.0 Å². The number of hydrogen-bond acceptors (Lipinski definition) is 3. The zero-order valence-electron chi connectivity index (χ0n) is 10.9. The molecule has 2 aromatic rings. The highest BCUT2D eigenvalue weighted by atomic mass is 35.5. The number of halogens is 2. The second-order valence-electron chi connectivity index (χ2n) is 4.66. The molecule has 2 rings (SSSR count). The van der Waals surface area contributed by atoms with Crippen molar-refractivity contribution in [2.24, 2.45) is 5.73 Å². The van der Waals surface area contributed by atoms with E-state index in [1.54, 1.807) is 24.5 Å². The third kappa shape index (κ3) is 3.55. The van der Waals surface area contributed by atoms with E-state index in [1.807, 2.05) is 12.1 Å². The zero-order chi connectivity index (χ0) is 14.5. The molecule has 0 aliphatic heterocycles. The summed E-state index contributed by atoms with van der Waals surface area (Å²) in [4.78, 5) is 0. The molecule has 20 heavy (non-hydrogen) atoms. The molecule has 2 unspecified atom stereocenters. The van der Waals surface area contributed by atoms with Gasteiger partial charge in [0.05, 0.1) is 12.4 Å². The Labute approximate surface area is 128 Å². The van der Waals surface area contributed by atoms with Crippen LogP contribution in [-0.4, -0.2) is 17.8 Å². The third-order valence-electron chi connectivity index (χ3n) is 3.36. The van der Waals surface area contributed by atoms with Crippen LogP contribution in [0.15, 0.2) is 41.0 Å². The van der Waals surface area contributed by atoms with Crippen LogP contribution in [-0.2, 0) is 6.42 Å². The van der Waals surface area contributed by atoms with Crippen molar-refractivity contribution in [2.75, 3.05) is 6.54 Å². The number of rotatable bonds is 6. The Morgan fingerprint density at radius 2 is 1.85 bits per heavy atom. The maximum absolute atomic E-state index is 10.4. The number of aliphatic hydroxyl groups excluding tert-OH is 1. The van der Waals surface area contributed by atoms with Gasteiger partial charge in [0.2, 0.25) is 0 Å². The topological polar surface area (TPSA) is 59.4 Å². The molecule has 0 amide bonds. The Morgan fingerprint density at radius 3 is 2.40 bits per heavy atom. The summed E-state index contributed by atoms with van der Waals surface area (Å²) in [5.41, 5.74) is 6.50. The van der Waals surface area contributed by atoms with Gasteiger partial charge in [-0.2, -0.15) is 0 Å². The van der Waals surface area contributed by atoms with E-state index in [4.69, 9.17) is 33.4 Å². The van der Waals surface area contributed by atoms with E-state index in [0.717, 1.165) is 5.76 Å². The number of aryl methyl sites for hydroxylation is 1. The zero-order valence-corrected chi connectivity index (χ0v) is 12.4. The number of aliphatic hydroxyl groups is 1. The van der Waals surface area contributed by atoms with Crippen molar-refractivity contribution in [2.45, 2.75) is 24.9 Å². The SMILES string of the molecule is NCC(c1c(Cl)cccc1Cl)C(O)CCc1ccco1. The van der Waals surface area contributed by atoms with Gasteiger partial charge in [-0.25, -0.2) is 0 Å². The van der Waals surface area contributed by atoms with E-state index in [1.165, 1.54) is 0 Å². The molecule has 1 aromatic carbocycles. The first-order valence-electron chi connectivity index (χ1n) is 6.48. The summed E-state index contributed by atoms with van der Waals surface area (Å²) in [5, 5.41) is 11.4. The maximum Gasteiger partial charge on any atom is 0.103 e. The van der Waals surface area contributed by atoms with Crippen LogP contribution < -0.4 is 5.73 Å². The van der Waals surface area contributed by atoms with Gasteiger partial charge < -0.3 is 15.3 Å². The van der Waals surface area contributed by atoms with Gasteiger partial charge in [-0.15, -0.1) is 0 Å². The maximum atomic E-state index is 10.4. The van der Waals surface area contributed by atoms with Gasteiger partial charge in [0.25, 0.3) is 0 Å². The van der Waals surface area contributed by atoms with E-state index < -0.39 is 6.10 Å². The average Bonchev–Trinajstić information content (AvgIpc) is 2.93. The molecule has 0 aliphatic carbocycles. The van der Waals surface area contributed by atoms with Gasteiger partial charge in [0, 0.05) is 28.9 Å². The van der Waals surface area contributed by atoms with Crippen LogP contribution in [0.1, 0.15) is 23.7 Å². The molecule has 0 radical (unpaired) electrons. The van der Waals surface area contributed by atoms with Crippen LogP contribution in [0.3, 0.4) is 0 Å². The lowest BCUT2D eigenvalue weighted by Gasteiger charge is -2.23. The summed E-state index contributed by atoms with van der Waals surface area (Å²) in [6.45, 7) is 0.281. The van der Waals surface area contributed by atoms with Crippen molar-refractivity contribution in [1.82, 2.24) is 0 Å². The number of nitrogens with two attached hydrogens (primary N) is 1. The van der Waals surface area contributed by atoms with Crippen LogP contribution in [0, 0.1) is 0 Å². The monoisotopic (exact) mass is 313 g/mol. The van der Waals surface area contributed by atoms with E-state index in [9.17, 15) is 5.11 Å². The lowest BCUT2D eigenvalue weighted by molar-refractivity contribution is 0.134. The molecule has 0 aliphatic rings. The minimum atomic E-state index is -0.623. The molecule has 3 N–H and O–H groups in total. The summed E-state index contributed by atoms with van der Waals surface area (Å²) in [7, 11) is 0. The number of furan rings is 1. The lowest BCUT2D eigenvalue weighted by Crippen LogP contribution is -2.27.